The van der Waals surface area contributed by atoms with E-state index in [2.05, 4.69) is 15.0 Å². The number of pyridine rings is 1. The van der Waals surface area contributed by atoms with Crippen molar-refractivity contribution >= 4 is 11.0 Å². The Hall–Kier alpha value is -2.49. The Morgan fingerprint density at radius 3 is 2.56 bits per heavy atom. The number of aryl methyl sites for hydroxylation is 1. The van der Waals surface area contributed by atoms with Gasteiger partial charge in [0.15, 0.2) is 0 Å². The molecule has 3 aromatic rings. The van der Waals surface area contributed by atoms with Gasteiger partial charge in [0.25, 0.3) is 0 Å². The highest BCUT2D eigenvalue weighted by molar-refractivity contribution is 5.79. The summed E-state index contributed by atoms with van der Waals surface area (Å²) < 4.78 is 0. The molecule has 0 aliphatic heterocycles. The van der Waals surface area contributed by atoms with Crippen LogP contribution in [0.3, 0.4) is 0 Å². The van der Waals surface area contributed by atoms with Crippen molar-refractivity contribution in [1.82, 2.24) is 15.0 Å². The molecule has 3 rings (SSSR count). The van der Waals surface area contributed by atoms with Crippen LogP contribution in [0.25, 0.3) is 22.3 Å². The lowest BCUT2D eigenvalue weighted by Crippen LogP contribution is -2.12. The fourth-order valence-corrected chi connectivity index (χ4v) is 1.96. The van der Waals surface area contributed by atoms with Crippen molar-refractivity contribution in [2.24, 2.45) is 0 Å². The van der Waals surface area contributed by atoms with E-state index in [9.17, 15) is 4.79 Å². The van der Waals surface area contributed by atoms with Crippen LogP contribution in [0.4, 0.5) is 0 Å². The summed E-state index contributed by atoms with van der Waals surface area (Å²) in [7, 11) is 0. The predicted octanol–water partition coefficient (Wildman–Crippen LogP) is 2.29. The fourth-order valence-electron chi connectivity index (χ4n) is 1.96. The summed E-state index contributed by atoms with van der Waals surface area (Å²) in [4.78, 5) is 22.3. The maximum Gasteiger partial charge on any atom is 0.346 e. The molecule has 0 amide bonds. The molecular formula is C14H11N3O. The van der Waals surface area contributed by atoms with E-state index in [-0.39, 0.29) is 5.69 Å². The van der Waals surface area contributed by atoms with Crippen LogP contribution in [0.2, 0.25) is 0 Å². The molecule has 2 heterocycles. The highest BCUT2D eigenvalue weighted by Gasteiger charge is 2.04. The van der Waals surface area contributed by atoms with Gasteiger partial charge in [-0.1, -0.05) is 30.3 Å². The van der Waals surface area contributed by atoms with E-state index in [1.165, 1.54) is 0 Å². The number of hydrogen-bond donors (Lipinski definition) is 1. The minimum atomic E-state index is -0.363. The maximum absolute atomic E-state index is 11.3. The summed E-state index contributed by atoms with van der Waals surface area (Å²) in [5, 5.41) is 0.870. The van der Waals surface area contributed by atoms with Crippen LogP contribution in [0.1, 0.15) is 5.69 Å². The van der Waals surface area contributed by atoms with Gasteiger partial charge in [0.2, 0.25) is 0 Å². The summed E-state index contributed by atoms with van der Waals surface area (Å²) in [6.07, 6.45) is 0. The van der Waals surface area contributed by atoms with E-state index < -0.39 is 0 Å². The van der Waals surface area contributed by atoms with Crippen molar-refractivity contribution in [1.29, 1.82) is 0 Å². The van der Waals surface area contributed by atoms with Gasteiger partial charge in [0.1, 0.15) is 5.65 Å². The Morgan fingerprint density at radius 1 is 1.00 bits per heavy atom. The van der Waals surface area contributed by atoms with Crippen molar-refractivity contribution in [3.8, 4) is 11.3 Å². The van der Waals surface area contributed by atoms with Crippen molar-refractivity contribution in [3.05, 3.63) is 58.6 Å². The number of nitrogens with zero attached hydrogens (tertiary/aromatic N) is 2. The number of benzene rings is 1. The first-order valence-corrected chi connectivity index (χ1v) is 5.67. The smallest absolute Gasteiger partial charge is 0.290 e. The lowest BCUT2D eigenvalue weighted by Gasteiger charge is -2.04. The van der Waals surface area contributed by atoms with E-state index in [4.69, 9.17) is 0 Å². The molecule has 0 aliphatic carbocycles. The van der Waals surface area contributed by atoms with Gasteiger partial charge in [-0.05, 0) is 19.1 Å². The zero-order valence-corrected chi connectivity index (χ0v) is 9.84. The molecule has 2 aromatic heterocycles. The van der Waals surface area contributed by atoms with Crippen LogP contribution in [-0.4, -0.2) is 15.0 Å². The van der Waals surface area contributed by atoms with Crippen molar-refractivity contribution < 1.29 is 0 Å². The van der Waals surface area contributed by atoms with Gasteiger partial charge in [-0.3, -0.25) is 4.98 Å². The standard InChI is InChI=1S/C14H11N3O/c1-9-11-7-8-12(10-5-3-2-4-6-10)16-13(11)17-14(18)15-9/h2-8H,1H3,(H,15,16,17,18). The molecule has 0 atom stereocenters. The van der Waals surface area contributed by atoms with Crippen LogP contribution < -0.4 is 5.69 Å². The summed E-state index contributed by atoms with van der Waals surface area (Å²) in [5.41, 5.74) is 2.77. The van der Waals surface area contributed by atoms with E-state index >= 15 is 0 Å². The average Bonchev–Trinajstić information content (AvgIpc) is 2.39. The minimum Gasteiger partial charge on any atom is -0.290 e. The number of fused-ring (bicyclic) bond motifs is 1. The molecule has 0 radical (unpaired) electrons. The topological polar surface area (TPSA) is 58.6 Å². The largest absolute Gasteiger partial charge is 0.346 e. The Bertz CT molecular complexity index is 763. The first-order valence-electron chi connectivity index (χ1n) is 5.67. The van der Waals surface area contributed by atoms with Gasteiger partial charge in [-0.2, -0.15) is 4.98 Å². The molecule has 1 N–H and O–H groups in total. The fraction of sp³-hybridized carbons (Fsp3) is 0.0714. The number of hydrogen-bond acceptors (Lipinski definition) is 3. The van der Waals surface area contributed by atoms with Crippen molar-refractivity contribution in [3.63, 3.8) is 0 Å². The molecule has 18 heavy (non-hydrogen) atoms. The Kier molecular flexibility index (Phi) is 2.41. The van der Waals surface area contributed by atoms with E-state index in [1.807, 2.05) is 42.5 Å². The van der Waals surface area contributed by atoms with E-state index in [0.29, 0.717) is 11.3 Å². The quantitative estimate of drug-likeness (QED) is 0.706. The zero-order chi connectivity index (χ0) is 12.5. The molecule has 0 bridgehead atoms. The van der Waals surface area contributed by atoms with Crippen LogP contribution >= 0.6 is 0 Å². The molecule has 88 valence electrons. The number of H-pyrrole nitrogens is 1. The SMILES string of the molecule is Cc1nc(=O)[nH]c2nc(-c3ccccc3)ccc12. The monoisotopic (exact) mass is 237 g/mol. The zero-order valence-electron chi connectivity index (χ0n) is 9.84. The molecule has 0 aliphatic rings. The Labute approximate surface area is 103 Å². The van der Waals surface area contributed by atoms with Crippen molar-refractivity contribution in [2.75, 3.05) is 0 Å². The first-order chi connectivity index (χ1) is 8.74. The molecule has 4 heteroatoms. The Morgan fingerprint density at radius 2 is 1.78 bits per heavy atom. The number of nitrogens with one attached hydrogen (secondary N) is 1. The van der Waals surface area contributed by atoms with E-state index in [1.54, 1.807) is 6.92 Å². The average molecular weight is 237 g/mol. The summed E-state index contributed by atoms with van der Waals surface area (Å²) >= 11 is 0. The van der Waals surface area contributed by atoms with E-state index in [0.717, 1.165) is 16.6 Å². The molecule has 0 saturated carbocycles. The second kappa shape index (κ2) is 4.07. The van der Waals surface area contributed by atoms with Crippen LogP contribution in [-0.2, 0) is 0 Å². The Balaban J connectivity index is 2.26. The third kappa shape index (κ3) is 1.78. The van der Waals surface area contributed by atoms with Gasteiger partial charge in [0.05, 0.1) is 11.4 Å². The lowest BCUT2D eigenvalue weighted by molar-refractivity contribution is 1.05. The van der Waals surface area contributed by atoms with Gasteiger partial charge >= 0.3 is 5.69 Å². The maximum atomic E-state index is 11.3. The lowest BCUT2D eigenvalue weighted by atomic mass is 10.1. The summed E-state index contributed by atoms with van der Waals surface area (Å²) in [5.74, 6) is 0. The first kappa shape index (κ1) is 10.7. The normalized spacial score (nSPS) is 10.7. The molecule has 0 unspecified atom stereocenters. The predicted molar refractivity (Wildman–Crippen MR) is 70.3 cm³/mol. The van der Waals surface area contributed by atoms with Gasteiger partial charge in [0, 0.05) is 10.9 Å². The second-order valence-corrected chi connectivity index (χ2v) is 4.09. The number of aromatic amines is 1. The molecule has 0 spiro atoms. The third-order valence-electron chi connectivity index (χ3n) is 2.85. The molecule has 0 fully saturated rings. The van der Waals surface area contributed by atoms with Crippen LogP contribution in [0.15, 0.2) is 47.3 Å². The molecule has 0 saturated heterocycles. The third-order valence-corrected chi connectivity index (χ3v) is 2.85. The summed E-state index contributed by atoms with van der Waals surface area (Å²) in [6, 6.07) is 13.7. The van der Waals surface area contributed by atoms with Gasteiger partial charge < -0.3 is 0 Å². The van der Waals surface area contributed by atoms with Crippen molar-refractivity contribution in [2.45, 2.75) is 6.92 Å². The van der Waals surface area contributed by atoms with Crippen LogP contribution in [0, 0.1) is 6.92 Å². The number of rotatable bonds is 1. The summed E-state index contributed by atoms with van der Waals surface area (Å²) in [6.45, 7) is 1.81. The van der Waals surface area contributed by atoms with Gasteiger partial charge in [-0.25, -0.2) is 9.78 Å². The highest BCUT2D eigenvalue weighted by Crippen LogP contribution is 2.19. The van der Waals surface area contributed by atoms with Crippen LogP contribution in [0.5, 0.6) is 0 Å². The molecule has 4 nitrogen and oxygen atoms in total. The van der Waals surface area contributed by atoms with Gasteiger partial charge in [-0.15, -0.1) is 0 Å². The number of aromatic nitrogens is 3. The second-order valence-electron chi connectivity index (χ2n) is 4.09. The molecular weight excluding hydrogens is 226 g/mol. The highest BCUT2D eigenvalue weighted by atomic mass is 16.1. The molecule has 1 aromatic carbocycles. The minimum absolute atomic E-state index is 0.363.